The predicted molar refractivity (Wildman–Crippen MR) is 142 cm³/mol. The number of methoxy groups -OCH3 is 2. The van der Waals surface area contributed by atoms with Gasteiger partial charge in [-0.05, 0) is 103 Å². The molecule has 0 aromatic heterocycles. The highest BCUT2D eigenvalue weighted by molar-refractivity contribution is 5.74. The van der Waals surface area contributed by atoms with Crippen molar-refractivity contribution in [2.75, 3.05) is 21.0 Å². The Bertz CT molecular complexity index is 770. The average molecular weight is 507 g/mol. The summed E-state index contributed by atoms with van der Waals surface area (Å²) in [6.45, 7) is 15.2. The van der Waals surface area contributed by atoms with Crippen LogP contribution in [0.4, 0.5) is 0 Å². The molecule has 5 nitrogen and oxygen atoms in total. The molecule has 0 heterocycles. The SMILES string of the molecule is CC[C@H]1C(OCOC)C2C3CC[C@H]([C@H](C)C[C@H](O)C(=O)OC)[C@@]3(C)[C@@H](C)CC2[C@@]2(C)CC[C@@H](C)C[C@@H]12. The minimum absolute atomic E-state index is 0.189. The summed E-state index contributed by atoms with van der Waals surface area (Å²) in [7, 11) is 3.11. The number of carbonyl (C=O) groups is 1. The standard InChI is InChI=1S/C31H54O5/c1-9-21-24-14-18(2)12-13-30(24,5)25-16-20(4)31(6)22(19(3)15-26(32)29(33)35-8)10-11-23(31)27(25)28(21)36-17-34-7/h18-28,32H,9-17H2,1-8H3/t18-,19-,20+,21-,22-,23?,24+,25?,26+,27?,28?,30+,31-/m1/s1. The van der Waals surface area contributed by atoms with Crippen LogP contribution in [0.15, 0.2) is 0 Å². The summed E-state index contributed by atoms with van der Waals surface area (Å²) in [6.07, 6.45) is 8.62. The lowest BCUT2D eigenvalue weighted by Gasteiger charge is -2.67. The zero-order valence-corrected chi connectivity index (χ0v) is 24.3. The minimum atomic E-state index is -1.03. The van der Waals surface area contributed by atoms with Crippen LogP contribution < -0.4 is 0 Å². The van der Waals surface area contributed by atoms with Gasteiger partial charge in [0, 0.05) is 7.11 Å². The van der Waals surface area contributed by atoms with Gasteiger partial charge < -0.3 is 19.3 Å². The number of aliphatic hydroxyl groups excluding tert-OH is 1. The first kappa shape index (κ1) is 28.4. The van der Waals surface area contributed by atoms with Gasteiger partial charge >= 0.3 is 5.97 Å². The van der Waals surface area contributed by atoms with Crippen LogP contribution in [0.3, 0.4) is 0 Å². The second kappa shape index (κ2) is 10.8. The third-order valence-corrected chi connectivity index (χ3v) is 12.4. The molecule has 0 saturated heterocycles. The van der Waals surface area contributed by atoms with E-state index in [0.29, 0.717) is 54.1 Å². The van der Waals surface area contributed by atoms with Crippen LogP contribution in [0.25, 0.3) is 0 Å². The molecule has 0 spiro atoms. The fraction of sp³-hybridized carbons (Fsp3) is 0.968. The highest BCUT2D eigenvalue weighted by Gasteiger charge is 2.67. The van der Waals surface area contributed by atoms with Crippen LogP contribution >= 0.6 is 0 Å². The number of esters is 1. The Labute approximate surface area is 220 Å². The van der Waals surface area contributed by atoms with Crippen LogP contribution in [0.2, 0.25) is 0 Å². The molecule has 4 unspecified atom stereocenters. The fourth-order valence-electron chi connectivity index (χ4n) is 10.6. The van der Waals surface area contributed by atoms with Crippen molar-refractivity contribution < 1.29 is 24.1 Å². The van der Waals surface area contributed by atoms with Crippen molar-refractivity contribution in [3.63, 3.8) is 0 Å². The Morgan fingerprint density at radius 1 is 1.06 bits per heavy atom. The van der Waals surface area contributed by atoms with E-state index in [2.05, 4.69) is 41.5 Å². The van der Waals surface area contributed by atoms with Gasteiger partial charge in [0.05, 0.1) is 13.2 Å². The highest BCUT2D eigenvalue weighted by Crippen LogP contribution is 2.71. The molecule has 0 radical (unpaired) electrons. The molecule has 0 amide bonds. The smallest absolute Gasteiger partial charge is 0.334 e. The van der Waals surface area contributed by atoms with E-state index in [-0.39, 0.29) is 17.4 Å². The van der Waals surface area contributed by atoms with E-state index in [1.165, 1.54) is 52.1 Å². The first-order valence-corrected chi connectivity index (χ1v) is 14.9. The fourth-order valence-corrected chi connectivity index (χ4v) is 10.6. The second-order valence-corrected chi connectivity index (χ2v) is 13.8. The summed E-state index contributed by atoms with van der Waals surface area (Å²) in [5, 5.41) is 10.5. The van der Waals surface area contributed by atoms with Gasteiger partial charge in [0.15, 0.2) is 6.10 Å². The normalized spacial score (nSPS) is 47.9. The summed E-state index contributed by atoms with van der Waals surface area (Å²) < 4.78 is 17.0. The van der Waals surface area contributed by atoms with Crippen molar-refractivity contribution in [2.24, 2.45) is 64.1 Å². The zero-order chi connectivity index (χ0) is 26.4. The molecule has 0 bridgehead atoms. The van der Waals surface area contributed by atoms with Crippen LogP contribution in [-0.4, -0.2) is 44.3 Å². The summed E-state index contributed by atoms with van der Waals surface area (Å²) in [6, 6.07) is 0. The molecule has 36 heavy (non-hydrogen) atoms. The minimum Gasteiger partial charge on any atom is -0.467 e. The Balaban J connectivity index is 1.69. The Kier molecular flexibility index (Phi) is 8.54. The Hall–Kier alpha value is -0.650. The Morgan fingerprint density at radius 3 is 2.42 bits per heavy atom. The largest absolute Gasteiger partial charge is 0.467 e. The van der Waals surface area contributed by atoms with E-state index in [1.54, 1.807) is 7.11 Å². The number of carbonyl (C=O) groups excluding carboxylic acids is 1. The monoisotopic (exact) mass is 506 g/mol. The lowest BCUT2D eigenvalue weighted by Crippen LogP contribution is -2.63. The van der Waals surface area contributed by atoms with Gasteiger partial charge in [-0.3, -0.25) is 0 Å². The topological polar surface area (TPSA) is 65.0 Å². The van der Waals surface area contributed by atoms with Crippen LogP contribution in [0.5, 0.6) is 0 Å². The molecule has 4 rings (SSSR count). The molecule has 0 aromatic carbocycles. The summed E-state index contributed by atoms with van der Waals surface area (Å²) in [4.78, 5) is 12.0. The van der Waals surface area contributed by atoms with Crippen molar-refractivity contribution in [3.05, 3.63) is 0 Å². The van der Waals surface area contributed by atoms with Gasteiger partial charge in [0.2, 0.25) is 0 Å². The van der Waals surface area contributed by atoms with Crippen molar-refractivity contribution in [3.8, 4) is 0 Å². The maximum atomic E-state index is 12.0. The lowest BCUT2D eigenvalue weighted by atomic mass is 9.39. The maximum absolute atomic E-state index is 12.0. The van der Waals surface area contributed by atoms with Crippen molar-refractivity contribution in [2.45, 2.75) is 105 Å². The molecule has 4 aliphatic carbocycles. The van der Waals surface area contributed by atoms with E-state index in [4.69, 9.17) is 14.2 Å². The van der Waals surface area contributed by atoms with E-state index < -0.39 is 12.1 Å². The zero-order valence-electron chi connectivity index (χ0n) is 24.3. The van der Waals surface area contributed by atoms with E-state index >= 15 is 0 Å². The summed E-state index contributed by atoms with van der Waals surface area (Å²) >= 11 is 0. The molecule has 4 fully saturated rings. The van der Waals surface area contributed by atoms with Crippen LogP contribution in [0.1, 0.15) is 92.9 Å². The predicted octanol–water partition coefficient (Wildman–Crippen LogP) is 6.32. The number of ether oxygens (including phenoxy) is 3. The number of hydrogen-bond acceptors (Lipinski definition) is 5. The van der Waals surface area contributed by atoms with Crippen molar-refractivity contribution in [1.29, 1.82) is 0 Å². The van der Waals surface area contributed by atoms with E-state index in [1.807, 2.05) is 0 Å². The van der Waals surface area contributed by atoms with Gasteiger partial charge in [-0.1, -0.05) is 54.4 Å². The second-order valence-electron chi connectivity index (χ2n) is 13.8. The molecule has 4 saturated carbocycles. The quantitative estimate of drug-likeness (QED) is 0.308. The number of aliphatic hydroxyl groups is 1. The third kappa shape index (κ3) is 4.47. The summed E-state index contributed by atoms with van der Waals surface area (Å²) in [5.41, 5.74) is 0.583. The average Bonchev–Trinajstić information content (AvgIpc) is 3.21. The molecule has 0 aromatic rings. The molecular weight excluding hydrogens is 452 g/mol. The van der Waals surface area contributed by atoms with Crippen molar-refractivity contribution >= 4 is 5.97 Å². The molecular formula is C31H54O5. The maximum Gasteiger partial charge on any atom is 0.334 e. The van der Waals surface area contributed by atoms with E-state index in [9.17, 15) is 9.90 Å². The summed E-state index contributed by atoms with van der Waals surface area (Å²) in [5.74, 6) is 4.88. The third-order valence-electron chi connectivity index (χ3n) is 12.4. The van der Waals surface area contributed by atoms with Crippen LogP contribution in [0, 0.1) is 64.1 Å². The highest BCUT2D eigenvalue weighted by atomic mass is 16.7. The van der Waals surface area contributed by atoms with Gasteiger partial charge in [0.25, 0.3) is 0 Å². The molecule has 208 valence electrons. The molecule has 13 atom stereocenters. The van der Waals surface area contributed by atoms with E-state index in [0.717, 1.165) is 11.8 Å². The van der Waals surface area contributed by atoms with Gasteiger partial charge in [-0.2, -0.15) is 0 Å². The molecule has 1 N–H and O–H groups in total. The van der Waals surface area contributed by atoms with Gasteiger partial charge in [-0.25, -0.2) is 4.79 Å². The van der Waals surface area contributed by atoms with Crippen LogP contribution in [-0.2, 0) is 19.0 Å². The van der Waals surface area contributed by atoms with Crippen molar-refractivity contribution in [1.82, 2.24) is 0 Å². The van der Waals surface area contributed by atoms with Gasteiger partial charge in [-0.15, -0.1) is 0 Å². The number of rotatable bonds is 8. The molecule has 4 aliphatic rings. The first-order valence-electron chi connectivity index (χ1n) is 14.9. The van der Waals surface area contributed by atoms with Gasteiger partial charge in [0.1, 0.15) is 6.79 Å². The molecule has 5 heteroatoms. The Morgan fingerprint density at radius 2 is 1.78 bits per heavy atom. The first-order chi connectivity index (χ1) is 17.0. The number of hydrogen-bond donors (Lipinski definition) is 1. The number of fused-ring (bicyclic) bond motifs is 5. The molecule has 0 aliphatic heterocycles. The lowest BCUT2D eigenvalue weighted by molar-refractivity contribution is -0.240.